The number of nitrogens with zero attached hydrogens (tertiary/aromatic N) is 1. The molecule has 5 nitrogen and oxygen atoms in total. The first-order chi connectivity index (χ1) is 12.7. The number of ether oxygens (including phenoxy) is 3. The van der Waals surface area contributed by atoms with Crippen molar-refractivity contribution in [3.63, 3.8) is 0 Å². The third-order valence-corrected chi connectivity index (χ3v) is 4.35. The Kier molecular flexibility index (Phi) is 5.80. The summed E-state index contributed by atoms with van der Waals surface area (Å²) in [7, 11) is 1.52. The van der Waals surface area contributed by atoms with E-state index in [4.69, 9.17) is 14.2 Å². The van der Waals surface area contributed by atoms with Crippen LogP contribution in [0.4, 0.5) is 4.39 Å². The Labute approximate surface area is 154 Å². The molecule has 0 atom stereocenters. The second-order valence-corrected chi connectivity index (χ2v) is 6.23. The third kappa shape index (κ3) is 4.58. The van der Waals surface area contributed by atoms with Gasteiger partial charge >= 0.3 is 0 Å². The van der Waals surface area contributed by atoms with Crippen LogP contribution in [0.3, 0.4) is 0 Å². The van der Waals surface area contributed by atoms with Crippen LogP contribution in [0.15, 0.2) is 47.8 Å². The van der Waals surface area contributed by atoms with Gasteiger partial charge in [0.25, 0.3) is 0 Å². The molecule has 7 heteroatoms. The molecule has 0 radical (unpaired) electrons. The van der Waals surface area contributed by atoms with Crippen LogP contribution in [0.2, 0.25) is 0 Å². The molecular weight excluding hydrogens is 357 g/mol. The largest absolute Gasteiger partial charge is 0.493 e. The zero-order valence-electron chi connectivity index (χ0n) is 14.0. The van der Waals surface area contributed by atoms with Gasteiger partial charge in [-0.2, -0.15) is 0 Å². The number of methoxy groups -OCH3 is 1. The molecule has 0 saturated carbocycles. The number of aromatic nitrogens is 1. The molecule has 0 aliphatic heterocycles. The number of halogens is 1. The Hall–Kier alpha value is -2.93. The highest BCUT2D eigenvalue weighted by Crippen LogP contribution is 2.28. The Morgan fingerprint density at radius 3 is 2.62 bits per heavy atom. The summed E-state index contributed by atoms with van der Waals surface area (Å²) in [4.78, 5) is 15.3. The van der Waals surface area contributed by atoms with Crippen LogP contribution in [0.1, 0.15) is 21.1 Å². The summed E-state index contributed by atoms with van der Waals surface area (Å²) in [5.74, 6) is 1.31. The quantitative estimate of drug-likeness (QED) is 0.552. The summed E-state index contributed by atoms with van der Waals surface area (Å²) in [5.41, 5.74) is 1.28. The SMILES string of the molecule is COc1cc(C=O)ccc1OCc1csc(COc2ccc(F)cc2)n1. The lowest BCUT2D eigenvalue weighted by Crippen LogP contribution is -2.00. The fourth-order valence-corrected chi connectivity index (χ4v) is 2.88. The van der Waals surface area contributed by atoms with Crippen molar-refractivity contribution in [2.45, 2.75) is 13.2 Å². The van der Waals surface area contributed by atoms with Gasteiger partial charge in [-0.15, -0.1) is 11.3 Å². The van der Waals surface area contributed by atoms with Crippen molar-refractivity contribution in [2.75, 3.05) is 7.11 Å². The van der Waals surface area contributed by atoms with E-state index in [0.29, 0.717) is 29.4 Å². The first-order valence-corrected chi connectivity index (χ1v) is 8.63. The van der Waals surface area contributed by atoms with Crippen LogP contribution >= 0.6 is 11.3 Å². The smallest absolute Gasteiger partial charge is 0.161 e. The monoisotopic (exact) mass is 373 g/mol. The molecule has 134 valence electrons. The van der Waals surface area contributed by atoms with Crippen LogP contribution < -0.4 is 14.2 Å². The molecule has 0 fully saturated rings. The number of hydrogen-bond acceptors (Lipinski definition) is 6. The van der Waals surface area contributed by atoms with E-state index < -0.39 is 0 Å². The average Bonchev–Trinajstić information content (AvgIpc) is 3.13. The van der Waals surface area contributed by atoms with Gasteiger partial charge in [0.2, 0.25) is 0 Å². The summed E-state index contributed by atoms with van der Waals surface area (Å²) in [6.45, 7) is 0.567. The van der Waals surface area contributed by atoms with Crippen molar-refractivity contribution in [1.29, 1.82) is 0 Å². The topological polar surface area (TPSA) is 57.7 Å². The molecule has 3 aromatic rings. The molecule has 26 heavy (non-hydrogen) atoms. The van der Waals surface area contributed by atoms with Crippen molar-refractivity contribution < 1.29 is 23.4 Å². The number of aldehydes is 1. The molecule has 0 aliphatic rings. The van der Waals surface area contributed by atoms with E-state index >= 15 is 0 Å². The minimum absolute atomic E-state index is 0.268. The fourth-order valence-electron chi connectivity index (χ4n) is 2.19. The zero-order valence-corrected chi connectivity index (χ0v) is 14.8. The van der Waals surface area contributed by atoms with E-state index in [1.807, 2.05) is 5.38 Å². The number of carbonyl (C=O) groups excluding carboxylic acids is 1. The maximum atomic E-state index is 12.9. The number of hydrogen-bond donors (Lipinski definition) is 0. The molecule has 0 bridgehead atoms. The maximum Gasteiger partial charge on any atom is 0.161 e. The van der Waals surface area contributed by atoms with Gasteiger partial charge in [0, 0.05) is 10.9 Å². The highest BCUT2D eigenvalue weighted by molar-refractivity contribution is 7.09. The van der Waals surface area contributed by atoms with Gasteiger partial charge in [-0.3, -0.25) is 4.79 Å². The summed E-state index contributed by atoms with van der Waals surface area (Å²) in [5, 5.41) is 2.67. The van der Waals surface area contributed by atoms with Gasteiger partial charge in [0.1, 0.15) is 36.1 Å². The Morgan fingerprint density at radius 1 is 1.08 bits per heavy atom. The van der Waals surface area contributed by atoms with Gasteiger partial charge in [-0.05, 0) is 42.5 Å². The first-order valence-electron chi connectivity index (χ1n) is 7.75. The Balaban J connectivity index is 1.57. The number of rotatable bonds is 8. The molecule has 0 spiro atoms. The maximum absolute atomic E-state index is 12.9. The summed E-state index contributed by atoms with van der Waals surface area (Å²) in [6, 6.07) is 10.8. The number of thiazole rings is 1. The predicted octanol–water partition coefficient (Wildman–Crippen LogP) is 4.26. The summed E-state index contributed by atoms with van der Waals surface area (Å²) in [6.07, 6.45) is 0.750. The minimum Gasteiger partial charge on any atom is -0.493 e. The Morgan fingerprint density at radius 2 is 1.88 bits per heavy atom. The lowest BCUT2D eigenvalue weighted by Gasteiger charge is -2.10. The molecule has 0 N–H and O–H groups in total. The number of carbonyl (C=O) groups is 1. The van der Waals surface area contributed by atoms with Crippen molar-refractivity contribution in [1.82, 2.24) is 4.98 Å². The molecule has 3 rings (SSSR count). The minimum atomic E-state index is -0.303. The molecule has 2 aromatic carbocycles. The fraction of sp³-hybridized carbons (Fsp3) is 0.158. The van der Waals surface area contributed by atoms with E-state index in [-0.39, 0.29) is 12.4 Å². The molecule has 0 saturated heterocycles. The molecular formula is C19H16FNO4S. The number of benzene rings is 2. The molecule has 1 aromatic heterocycles. The van der Waals surface area contributed by atoms with Crippen LogP contribution in [0, 0.1) is 5.82 Å². The second-order valence-electron chi connectivity index (χ2n) is 5.29. The third-order valence-electron chi connectivity index (χ3n) is 3.47. The first kappa shape index (κ1) is 17.9. The zero-order chi connectivity index (χ0) is 18.4. The van der Waals surface area contributed by atoms with E-state index in [1.165, 1.54) is 30.6 Å². The summed E-state index contributed by atoms with van der Waals surface area (Å²) < 4.78 is 29.4. The highest BCUT2D eigenvalue weighted by Gasteiger charge is 2.08. The molecule has 1 heterocycles. The van der Waals surface area contributed by atoms with Crippen molar-refractivity contribution in [2.24, 2.45) is 0 Å². The van der Waals surface area contributed by atoms with Gasteiger partial charge in [0.15, 0.2) is 11.5 Å². The highest BCUT2D eigenvalue weighted by atomic mass is 32.1. The van der Waals surface area contributed by atoms with Gasteiger partial charge < -0.3 is 14.2 Å². The lowest BCUT2D eigenvalue weighted by atomic mass is 10.2. The van der Waals surface area contributed by atoms with Crippen molar-refractivity contribution >= 4 is 17.6 Å². The van der Waals surface area contributed by atoms with Crippen LogP contribution in [0.5, 0.6) is 17.2 Å². The second kappa shape index (κ2) is 8.44. The van der Waals surface area contributed by atoms with Crippen LogP contribution in [-0.4, -0.2) is 18.4 Å². The van der Waals surface area contributed by atoms with E-state index in [9.17, 15) is 9.18 Å². The predicted molar refractivity (Wildman–Crippen MR) is 95.6 cm³/mol. The lowest BCUT2D eigenvalue weighted by molar-refractivity contribution is 0.112. The van der Waals surface area contributed by atoms with Crippen molar-refractivity contribution in [3.05, 3.63) is 69.9 Å². The van der Waals surface area contributed by atoms with E-state index in [0.717, 1.165) is 17.0 Å². The summed E-state index contributed by atoms with van der Waals surface area (Å²) >= 11 is 1.46. The van der Waals surface area contributed by atoms with Crippen molar-refractivity contribution in [3.8, 4) is 17.2 Å². The standard InChI is InChI=1S/C19H16FNO4S/c1-23-18-8-13(9-22)2-7-17(18)25-10-15-12-26-19(21-15)11-24-16-5-3-14(20)4-6-16/h2-9,12H,10-11H2,1H3. The van der Waals surface area contributed by atoms with Gasteiger partial charge in [0.05, 0.1) is 12.8 Å². The molecule has 0 unspecified atom stereocenters. The van der Waals surface area contributed by atoms with E-state index in [2.05, 4.69) is 4.98 Å². The Bertz CT molecular complexity index is 880. The van der Waals surface area contributed by atoms with E-state index in [1.54, 1.807) is 30.3 Å². The van der Waals surface area contributed by atoms with Crippen LogP contribution in [0.25, 0.3) is 0 Å². The molecule has 0 amide bonds. The average molecular weight is 373 g/mol. The van der Waals surface area contributed by atoms with Gasteiger partial charge in [-0.1, -0.05) is 0 Å². The van der Waals surface area contributed by atoms with Crippen LogP contribution in [-0.2, 0) is 13.2 Å². The normalized spacial score (nSPS) is 10.4. The van der Waals surface area contributed by atoms with Gasteiger partial charge in [-0.25, -0.2) is 9.37 Å². The molecule has 0 aliphatic carbocycles.